The van der Waals surface area contributed by atoms with E-state index in [4.69, 9.17) is 49.1 Å². The molecule has 0 radical (unpaired) electrons. The monoisotopic (exact) mass is 1260 g/mol. The molecule has 6 heterocycles. The Morgan fingerprint density at radius 2 is 0.989 bits per heavy atom. The number of likely N-dealkylation sites (tertiary alicyclic amines) is 2. The Balaban J connectivity index is 0.000000337. The van der Waals surface area contributed by atoms with Crippen molar-refractivity contribution in [2.75, 3.05) is 63.1 Å². The number of nitriles is 2. The summed E-state index contributed by atoms with van der Waals surface area (Å²) in [7, 11) is -2.63. The third-order valence-corrected chi connectivity index (χ3v) is 19.1. The highest BCUT2D eigenvalue weighted by Crippen LogP contribution is 2.37. The number of nitrogen functional groups attached to an aromatic ring is 1. The minimum atomic E-state index is -1.41. The topological polar surface area (TPSA) is 234 Å². The summed E-state index contributed by atoms with van der Waals surface area (Å²) in [6.07, 6.45) is 16.8. The minimum absolute atomic E-state index is 0.00232. The van der Waals surface area contributed by atoms with Gasteiger partial charge in [-0.05, 0) is 184 Å². The summed E-state index contributed by atoms with van der Waals surface area (Å²) in [5, 5.41) is 20.9. The van der Waals surface area contributed by atoms with E-state index >= 15 is 0 Å². The Morgan fingerprint density at radius 3 is 1.38 bits per heavy atom. The lowest BCUT2D eigenvalue weighted by Crippen LogP contribution is -2.44. The van der Waals surface area contributed by atoms with Crippen LogP contribution >= 0.6 is 0 Å². The highest BCUT2D eigenvalue weighted by molar-refractivity contribution is 6.76. The maximum absolute atomic E-state index is 14.0. The molecule has 2 saturated heterocycles. The first-order valence-electron chi connectivity index (χ1n) is 33.2. The first-order chi connectivity index (χ1) is 41.6. The number of amides is 2. The van der Waals surface area contributed by atoms with Crippen LogP contribution < -0.4 is 20.1 Å². The smallest absolute Gasteiger partial charge is 0.425 e. The zero-order chi connectivity index (χ0) is 64.8. The van der Waals surface area contributed by atoms with E-state index < -0.39 is 39.5 Å². The van der Waals surface area contributed by atoms with Gasteiger partial charge in [0.25, 0.3) is 0 Å². The molecule has 0 aromatic carbocycles. The summed E-state index contributed by atoms with van der Waals surface area (Å²) in [5.41, 5.74) is 9.35. The van der Waals surface area contributed by atoms with Gasteiger partial charge in [-0.1, -0.05) is 91.7 Å². The number of carbonyl (C=O) groups excluding carboxylic acids is 2. The van der Waals surface area contributed by atoms with Gasteiger partial charge in [-0.3, -0.25) is 0 Å². The van der Waals surface area contributed by atoms with Crippen LogP contribution in [0.1, 0.15) is 194 Å². The van der Waals surface area contributed by atoms with Gasteiger partial charge in [0.15, 0.2) is 11.6 Å². The molecule has 2 amide bonds. The van der Waals surface area contributed by atoms with Crippen molar-refractivity contribution in [2.45, 2.75) is 273 Å². The molecule has 2 fully saturated rings. The van der Waals surface area contributed by atoms with Crippen LogP contribution in [0.2, 0.25) is 51.4 Å². The van der Waals surface area contributed by atoms with Gasteiger partial charge in [-0.15, -0.1) is 0 Å². The van der Waals surface area contributed by atoms with E-state index in [0.29, 0.717) is 65.0 Å². The van der Waals surface area contributed by atoms with Crippen molar-refractivity contribution < 1.29 is 38.0 Å². The van der Waals surface area contributed by atoms with Crippen LogP contribution in [0.4, 0.5) is 21.2 Å². The fourth-order valence-corrected chi connectivity index (χ4v) is 12.6. The van der Waals surface area contributed by atoms with Gasteiger partial charge >= 0.3 is 24.2 Å². The van der Waals surface area contributed by atoms with Crippen molar-refractivity contribution in [1.29, 1.82) is 10.5 Å². The highest BCUT2D eigenvalue weighted by atomic mass is 28.3. The minimum Gasteiger partial charge on any atom is -0.460 e. The average Bonchev–Trinajstić information content (AvgIpc) is 2.00. The summed E-state index contributed by atoms with van der Waals surface area (Å²) >= 11 is 0. The summed E-state index contributed by atoms with van der Waals surface area (Å²) in [6, 6.07) is 7.13. The molecule has 492 valence electrons. The first-order valence-corrected chi connectivity index (χ1v) is 40.6. The molecule has 88 heavy (non-hydrogen) atoms. The van der Waals surface area contributed by atoms with Gasteiger partial charge in [0.1, 0.15) is 70.3 Å². The molecule has 4 aromatic heterocycles. The van der Waals surface area contributed by atoms with E-state index in [0.717, 1.165) is 112 Å². The Hall–Kier alpha value is -5.37. The van der Waals surface area contributed by atoms with Crippen molar-refractivity contribution in [1.82, 2.24) is 38.9 Å². The number of anilines is 2. The van der Waals surface area contributed by atoms with Crippen LogP contribution in [-0.2, 0) is 45.3 Å². The van der Waals surface area contributed by atoms with Crippen molar-refractivity contribution >= 4 is 62.0 Å². The van der Waals surface area contributed by atoms with Gasteiger partial charge in [0.05, 0.1) is 12.2 Å². The van der Waals surface area contributed by atoms with E-state index in [1.807, 2.05) is 18.4 Å². The molecule has 0 bridgehead atoms. The lowest BCUT2D eigenvalue weighted by atomic mass is 10.1. The number of ether oxygens (including phenoxy) is 6. The van der Waals surface area contributed by atoms with E-state index in [-0.39, 0.29) is 37.5 Å². The third kappa shape index (κ3) is 23.8. The number of aryl methyl sites for hydroxylation is 2. The number of aromatic nitrogens is 6. The molecule has 22 heteroatoms. The number of nitrogens with zero attached hydrogens (tertiary/aromatic N) is 11. The van der Waals surface area contributed by atoms with E-state index in [1.165, 1.54) is 64.6 Å². The number of imide groups is 1. The van der Waals surface area contributed by atoms with Gasteiger partial charge in [0, 0.05) is 40.5 Å². The molecule has 20 nitrogen and oxygen atoms in total. The molecule has 2 N–H and O–H groups in total. The maximum Gasteiger partial charge on any atom is 0.425 e. The van der Waals surface area contributed by atoms with Crippen LogP contribution in [-0.4, -0.2) is 143 Å². The second kappa shape index (κ2) is 34.7. The standard InChI is InChI=1S/C38H64N6O6Si.C28H48N6O2Si/c1-12-19-28(2)48-34-40-31-29(20-15-13-16-21-42-22-17-14-18-23-42)30(26-39)43(27-47-24-25-51(9,10)11)32(31)33(41-34)44(35(45)49-37(3,4)5)36(46)50-38(6,7)8;1-6-13-22(2)36-28-31-25-23(14-9-7-10-15-33-16-11-8-12-17-33)24(20-29)34(26(25)27(30)32-28)21-35-18-19-37(3,4)5/h28H,12-25,27H2,1-11H3;22H,6-19,21H2,1-5H3,(H2,30,31,32). The lowest BCUT2D eigenvalue weighted by molar-refractivity contribution is 0.0428. The zero-order valence-electron chi connectivity index (χ0n) is 57.1. The largest absolute Gasteiger partial charge is 0.460 e. The molecular weight excluding hydrogens is 1140 g/mol. The van der Waals surface area contributed by atoms with Gasteiger partial charge < -0.3 is 53.1 Å². The second-order valence-electron chi connectivity index (χ2n) is 28.7. The van der Waals surface area contributed by atoms with Crippen molar-refractivity contribution in [2.24, 2.45) is 0 Å². The number of piperidine rings is 2. The van der Waals surface area contributed by atoms with E-state index in [2.05, 4.69) is 80.1 Å². The summed E-state index contributed by atoms with van der Waals surface area (Å²) in [4.78, 5) is 52.7. The Bertz CT molecular complexity index is 2890. The molecule has 2 atom stereocenters. The summed E-state index contributed by atoms with van der Waals surface area (Å²) in [6.45, 7) is 40.8. The number of unbranched alkanes of at least 4 members (excludes halogenated alkanes) is 4. The Kier molecular flexibility index (Phi) is 29.0. The molecule has 4 aromatic rings. The predicted molar refractivity (Wildman–Crippen MR) is 358 cm³/mol. The third-order valence-electron chi connectivity index (χ3n) is 15.7. The van der Waals surface area contributed by atoms with E-state index in [1.54, 1.807) is 46.1 Å². The van der Waals surface area contributed by atoms with Gasteiger partial charge in [-0.2, -0.15) is 35.4 Å². The summed E-state index contributed by atoms with van der Waals surface area (Å²) < 4.78 is 39.6. The van der Waals surface area contributed by atoms with Crippen molar-refractivity contribution in [3.8, 4) is 24.2 Å². The van der Waals surface area contributed by atoms with Crippen molar-refractivity contribution in [3.63, 3.8) is 0 Å². The normalized spacial score (nSPS) is 15.3. The number of hydrogen-bond acceptors (Lipinski definition) is 17. The molecule has 2 aliphatic rings. The fourth-order valence-electron chi connectivity index (χ4n) is 11.0. The maximum atomic E-state index is 14.0. The fraction of sp³-hybridized carbons (Fsp3) is 0.758. The SMILES string of the molecule is CCCC(C)Oc1nc(N(C(=O)OC(C)(C)C)C(=O)OC(C)(C)C)c2c(n1)c(CCCCCN1CCCCC1)c(C#N)n2COCC[Si](C)(C)C.CCCC(C)Oc1nc(N)c2c(n1)c(CCCCCN1CCCCC1)c(C#N)n2COCC[Si](C)(C)C. The van der Waals surface area contributed by atoms with Crippen LogP contribution in [0.3, 0.4) is 0 Å². The van der Waals surface area contributed by atoms with Crippen LogP contribution in [0.15, 0.2) is 0 Å². The number of nitrogens with two attached hydrogens (primary N) is 1. The number of rotatable bonds is 31. The molecular formula is C66H112N12O8Si2. The molecule has 6 rings (SSSR count). The second-order valence-corrected chi connectivity index (χ2v) is 39.9. The predicted octanol–water partition coefficient (Wildman–Crippen LogP) is 15.0. The molecule has 0 spiro atoms. The van der Waals surface area contributed by atoms with Gasteiger partial charge in [-0.25, -0.2) is 9.59 Å². The molecule has 2 aliphatic heterocycles. The molecule has 0 aliphatic carbocycles. The molecule has 2 unspecified atom stereocenters. The Morgan fingerprint density at radius 1 is 0.591 bits per heavy atom. The van der Waals surface area contributed by atoms with Crippen molar-refractivity contribution in [3.05, 3.63) is 22.5 Å². The summed E-state index contributed by atoms with van der Waals surface area (Å²) in [5.74, 6) is 0.259. The van der Waals surface area contributed by atoms with Crippen LogP contribution in [0.5, 0.6) is 12.0 Å². The highest BCUT2D eigenvalue weighted by Gasteiger charge is 2.38. The lowest BCUT2D eigenvalue weighted by Gasteiger charge is -2.28. The van der Waals surface area contributed by atoms with Crippen LogP contribution in [0, 0.1) is 22.7 Å². The van der Waals surface area contributed by atoms with E-state index in [9.17, 15) is 20.1 Å². The number of hydrogen-bond donors (Lipinski definition) is 1. The number of fused-ring (bicyclic) bond motifs is 2. The first kappa shape index (κ1) is 73.4. The van der Waals surface area contributed by atoms with Crippen LogP contribution in [0.25, 0.3) is 22.1 Å². The number of carbonyl (C=O) groups is 2. The average molecular weight is 1260 g/mol. The zero-order valence-corrected chi connectivity index (χ0v) is 59.1. The van der Waals surface area contributed by atoms with Gasteiger partial charge in [0.2, 0.25) is 0 Å². The molecule has 0 saturated carbocycles. The quantitative estimate of drug-likeness (QED) is 0.0364. The Labute approximate surface area is 529 Å².